The van der Waals surface area contributed by atoms with Crippen LogP contribution >= 0.6 is 0 Å². The summed E-state index contributed by atoms with van der Waals surface area (Å²) in [6.07, 6.45) is 3.56. The van der Waals surface area contributed by atoms with Crippen LogP contribution in [-0.2, 0) is 5.41 Å². The summed E-state index contributed by atoms with van der Waals surface area (Å²) in [6, 6.07) is 7.61. The van der Waals surface area contributed by atoms with Crippen molar-refractivity contribution < 1.29 is 10.2 Å². The normalized spacial score (nSPS) is 34.1. The van der Waals surface area contributed by atoms with E-state index >= 15 is 0 Å². The van der Waals surface area contributed by atoms with Crippen LogP contribution in [0.4, 0.5) is 0 Å². The lowest BCUT2D eigenvalue weighted by molar-refractivity contribution is 0.258. The van der Waals surface area contributed by atoms with Crippen molar-refractivity contribution in [3.63, 3.8) is 0 Å². The zero-order valence-electron chi connectivity index (χ0n) is 8.69. The van der Waals surface area contributed by atoms with Crippen molar-refractivity contribution in [2.45, 2.75) is 24.7 Å². The Labute approximate surface area is 89.6 Å². The van der Waals surface area contributed by atoms with Crippen molar-refractivity contribution in [3.8, 4) is 5.75 Å². The summed E-state index contributed by atoms with van der Waals surface area (Å²) in [5, 5.41) is 19.2. The number of benzene rings is 1. The van der Waals surface area contributed by atoms with Gasteiger partial charge in [0, 0.05) is 17.6 Å². The Hall–Kier alpha value is -1.02. The minimum Gasteiger partial charge on any atom is -0.508 e. The second-order valence-corrected chi connectivity index (χ2v) is 4.92. The van der Waals surface area contributed by atoms with E-state index in [2.05, 4.69) is 0 Å². The van der Waals surface area contributed by atoms with E-state index in [9.17, 15) is 10.2 Å². The number of hydrogen-bond acceptors (Lipinski definition) is 2. The molecule has 2 N–H and O–H groups in total. The van der Waals surface area contributed by atoms with Crippen LogP contribution in [0.15, 0.2) is 24.3 Å². The van der Waals surface area contributed by atoms with Gasteiger partial charge < -0.3 is 10.2 Å². The Bertz CT molecular complexity index is 384. The van der Waals surface area contributed by atoms with E-state index in [4.69, 9.17) is 0 Å². The first kappa shape index (κ1) is 9.22. The number of phenols is 1. The maximum atomic E-state index is 9.89. The predicted molar refractivity (Wildman–Crippen MR) is 57.7 cm³/mol. The van der Waals surface area contributed by atoms with E-state index in [-0.39, 0.29) is 12.0 Å². The first-order valence-corrected chi connectivity index (χ1v) is 5.68. The van der Waals surface area contributed by atoms with E-state index in [0.717, 1.165) is 12.0 Å². The third-order valence-corrected chi connectivity index (χ3v) is 4.08. The van der Waals surface area contributed by atoms with Crippen LogP contribution in [0, 0.1) is 11.8 Å². The van der Waals surface area contributed by atoms with Gasteiger partial charge in [0.15, 0.2) is 0 Å². The first-order valence-electron chi connectivity index (χ1n) is 5.68. The zero-order valence-corrected chi connectivity index (χ0v) is 8.69. The maximum absolute atomic E-state index is 9.89. The molecule has 0 bridgehead atoms. The molecule has 1 aromatic carbocycles. The Kier molecular flexibility index (Phi) is 1.84. The highest BCUT2D eigenvalue weighted by Crippen LogP contribution is 2.67. The van der Waals surface area contributed by atoms with Crippen molar-refractivity contribution in [3.05, 3.63) is 29.8 Å². The van der Waals surface area contributed by atoms with Crippen LogP contribution in [0.1, 0.15) is 24.8 Å². The molecule has 1 aromatic rings. The molecule has 2 unspecified atom stereocenters. The molecule has 0 heterocycles. The molecule has 2 nitrogen and oxygen atoms in total. The van der Waals surface area contributed by atoms with Gasteiger partial charge in [-0.05, 0) is 37.2 Å². The smallest absolute Gasteiger partial charge is 0.119 e. The van der Waals surface area contributed by atoms with Gasteiger partial charge >= 0.3 is 0 Å². The molecule has 0 radical (unpaired) electrons. The van der Waals surface area contributed by atoms with E-state index < -0.39 is 0 Å². The van der Waals surface area contributed by atoms with Gasteiger partial charge in [-0.1, -0.05) is 18.2 Å². The SMILES string of the molecule is OCC1CC1(c1ccccc1O)C1CC1. The van der Waals surface area contributed by atoms with Gasteiger partial charge in [0.2, 0.25) is 0 Å². The summed E-state index contributed by atoms with van der Waals surface area (Å²) >= 11 is 0. The fourth-order valence-electron chi connectivity index (χ4n) is 3.09. The van der Waals surface area contributed by atoms with Gasteiger partial charge in [-0.2, -0.15) is 0 Å². The minimum absolute atomic E-state index is 0.111. The molecular formula is C13H16O2. The van der Waals surface area contributed by atoms with Crippen LogP contribution in [0.25, 0.3) is 0 Å². The average Bonchev–Trinajstić information content (AvgIpc) is 3.12. The summed E-state index contributed by atoms with van der Waals surface area (Å²) < 4.78 is 0. The maximum Gasteiger partial charge on any atom is 0.119 e. The van der Waals surface area contributed by atoms with Crippen molar-refractivity contribution in [1.29, 1.82) is 0 Å². The van der Waals surface area contributed by atoms with Crippen LogP contribution in [-0.4, -0.2) is 16.8 Å². The van der Waals surface area contributed by atoms with Gasteiger partial charge in [0.05, 0.1) is 0 Å². The monoisotopic (exact) mass is 204 g/mol. The lowest BCUT2D eigenvalue weighted by atomic mass is 9.87. The summed E-state index contributed by atoms with van der Waals surface area (Å²) in [6.45, 7) is 0.255. The van der Waals surface area contributed by atoms with Crippen molar-refractivity contribution in [2.24, 2.45) is 11.8 Å². The quantitative estimate of drug-likeness (QED) is 0.791. The minimum atomic E-state index is 0.111. The molecule has 0 aromatic heterocycles. The molecular weight excluding hydrogens is 188 g/mol. The van der Waals surface area contributed by atoms with E-state index in [1.807, 2.05) is 18.2 Å². The van der Waals surface area contributed by atoms with Crippen molar-refractivity contribution in [2.75, 3.05) is 6.61 Å². The number of rotatable bonds is 3. The molecule has 0 saturated heterocycles. The second-order valence-electron chi connectivity index (χ2n) is 4.92. The molecule has 0 aliphatic heterocycles. The lowest BCUT2D eigenvalue weighted by Gasteiger charge is -2.18. The molecule has 2 aliphatic carbocycles. The molecule has 2 aliphatic rings. The number of aliphatic hydroxyl groups excluding tert-OH is 1. The van der Waals surface area contributed by atoms with Gasteiger partial charge in [-0.25, -0.2) is 0 Å². The molecule has 80 valence electrons. The Morgan fingerprint density at radius 2 is 2.00 bits per heavy atom. The van der Waals surface area contributed by atoms with Gasteiger partial charge in [0.25, 0.3) is 0 Å². The molecule has 2 heteroatoms. The number of para-hydroxylation sites is 1. The second kappa shape index (κ2) is 2.99. The summed E-state index contributed by atoms with van der Waals surface area (Å²) in [5.74, 6) is 1.47. The molecule has 3 rings (SSSR count). The van der Waals surface area contributed by atoms with Crippen LogP contribution in [0.5, 0.6) is 5.75 Å². The Morgan fingerprint density at radius 3 is 2.53 bits per heavy atom. The van der Waals surface area contributed by atoms with Gasteiger partial charge in [0.1, 0.15) is 5.75 Å². The predicted octanol–water partition coefficient (Wildman–Crippen LogP) is 2.05. The highest BCUT2D eigenvalue weighted by Gasteiger charge is 2.63. The summed E-state index contributed by atoms with van der Waals surface area (Å²) in [7, 11) is 0. The third-order valence-electron chi connectivity index (χ3n) is 4.08. The van der Waals surface area contributed by atoms with E-state index in [1.165, 1.54) is 12.8 Å². The van der Waals surface area contributed by atoms with E-state index in [0.29, 0.717) is 17.6 Å². The van der Waals surface area contributed by atoms with Crippen LogP contribution in [0.3, 0.4) is 0 Å². The lowest BCUT2D eigenvalue weighted by Crippen LogP contribution is -2.14. The number of hydrogen-bond donors (Lipinski definition) is 2. The molecule has 0 amide bonds. The fraction of sp³-hybridized carbons (Fsp3) is 0.538. The van der Waals surface area contributed by atoms with Gasteiger partial charge in [-0.3, -0.25) is 0 Å². The first-order chi connectivity index (χ1) is 7.29. The van der Waals surface area contributed by atoms with Crippen LogP contribution < -0.4 is 0 Å². The van der Waals surface area contributed by atoms with Crippen molar-refractivity contribution >= 4 is 0 Å². The zero-order chi connectivity index (χ0) is 10.5. The van der Waals surface area contributed by atoms with E-state index in [1.54, 1.807) is 6.07 Å². The van der Waals surface area contributed by atoms with Gasteiger partial charge in [-0.15, -0.1) is 0 Å². The molecule has 15 heavy (non-hydrogen) atoms. The average molecular weight is 204 g/mol. The molecule has 2 fully saturated rings. The number of aromatic hydroxyl groups is 1. The summed E-state index contributed by atoms with van der Waals surface area (Å²) in [4.78, 5) is 0. The number of phenolic OH excluding ortho intramolecular Hbond substituents is 1. The molecule has 2 saturated carbocycles. The molecule has 0 spiro atoms. The Balaban J connectivity index is 2.01. The topological polar surface area (TPSA) is 40.5 Å². The standard InChI is InChI=1S/C13H16O2/c14-8-10-7-13(10,9-5-6-9)11-3-1-2-4-12(11)15/h1-4,9-10,14-15H,5-8H2. The Morgan fingerprint density at radius 1 is 1.27 bits per heavy atom. The highest BCUT2D eigenvalue weighted by atomic mass is 16.3. The number of aliphatic hydroxyl groups is 1. The highest BCUT2D eigenvalue weighted by molar-refractivity contribution is 5.45. The third kappa shape index (κ3) is 1.21. The summed E-state index contributed by atoms with van der Waals surface area (Å²) in [5.41, 5.74) is 1.17. The fourth-order valence-corrected chi connectivity index (χ4v) is 3.09. The largest absolute Gasteiger partial charge is 0.508 e. The van der Waals surface area contributed by atoms with Crippen molar-refractivity contribution in [1.82, 2.24) is 0 Å². The van der Waals surface area contributed by atoms with Crippen LogP contribution in [0.2, 0.25) is 0 Å². The molecule has 2 atom stereocenters.